The number of rotatable bonds is 5. The summed E-state index contributed by atoms with van der Waals surface area (Å²) in [7, 11) is -2.41. The van der Waals surface area contributed by atoms with E-state index in [1.807, 2.05) is 0 Å². The highest BCUT2D eigenvalue weighted by molar-refractivity contribution is 6.99. The van der Waals surface area contributed by atoms with E-state index in [-0.39, 0.29) is 5.04 Å². The minimum absolute atomic E-state index is 0.0542. The highest BCUT2D eigenvalue weighted by Crippen LogP contribution is 2.50. The Bertz CT molecular complexity index is 721. The summed E-state index contributed by atoms with van der Waals surface area (Å²) in [5, 5.41) is 2.82. The Morgan fingerprint density at radius 3 is 1.71 bits per heavy atom. The molecule has 0 bridgehead atoms. The van der Waals surface area contributed by atoms with Crippen LogP contribution in [-0.4, -0.2) is 14.9 Å². The molecule has 2 heteroatoms. The lowest BCUT2D eigenvalue weighted by Gasteiger charge is -2.44. The lowest BCUT2D eigenvalue weighted by atomic mass is 9.81. The van der Waals surface area contributed by atoms with Gasteiger partial charge in [0.15, 0.2) is 0 Å². The van der Waals surface area contributed by atoms with Gasteiger partial charge in [0.2, 0.25) is 0 Å². The van der Waals surface area contributed by atoms with Gasteiger partial charge in [0.05, 0.1) is 0 Å². The zero-order valence-corrected chi connectivity index (χ0v) is 19.8. The molecule has 2 aromatic carbocycles. The van der Waals surface area contributed by atoms with Gasteiger partial charge in [0, 0.05) is 6.61 Å². The molecule has 0 radical (unpaired) electrons. The van der Waals surface area contributed by atoms with E-state index >= 15 is 0 Å². The monoisotopic (exact) mass is 394 g/mol. The molecule has 0 aromatic heterocycles. The van der Waals surface area contributed by atoms with Gasteiger partial charge in [-0.3, -0.25) is 0 Å². The molecule has 0 heterocycles. The summed E-state index contributed by atoms with van der Waals surface area (Å²) in [6.07, 6.45) is 1.26. The average Bonchev–Trinajstić information content (AvgIpc) is 2.85. The van der Waals surface area contributed by atoms with Gasteiger partial charge in [0.25, 0.3) is 8.32 Å². The van der Waals surface area contributed by atoms with Gasteiger partial charge in [-0.15, -0.1) is 0 Å². The van der Waals surface area contributed by atoms with Crippen LogP contribution in [0.25, 0.3) is 0 Å². The van der Waals surface area contributed by atoms with Gasteiger partial charge in [-0.2, -0.15) is 0 Å². The lowest BCUT2D eigenvalue weighted by molar-refractivity contribution is 0.199. The Labute approximate surface area is 173 Å². The third-order valence-electron chi connectivity index (χ3n) is 7.48. The highest BCUT2D eigenvalue weighted by atomic mass is 28.4. The zero-order valence-electron chi connectivity index (χ0n) is 18.8. The van der Waals surface area contributed by atoms with Gasteiger partial charge in [-0.05, 0) is 45.0 Å². The quantitative estimate of drug-likeness (QED) is 0.575. The van der Waals surface area contributed by atoms with Crippen molar-refractivity contribution in [2.75, 3.05) is 6.61 Å². The number of benzene rings is 2. The average molecular weight is 395 g/mol. The summed E-state index contributed by atoms with van der Waals surface area (Å²) in [5.41, 5.74) is 0.402. The second kappa shape index (κ2) is 7.80. The van der Waals surface area contributed by atoms with Crippen molar-refractivity contribution in [3.05, 3.63) is 60.7 Å². The van der Waals surface area contributed by atoms with E-state index in [0.717, 1.165) is 12.5 Å². The Balaban J connectivity index is 2.02. The summed E-state index contributed by atoms with van der Waals surface area (Å²) in [6.45, 7) is 17.7. The molecular formula is C26H38OSi. The van der Waals surface area contributed by atoms with E-state index in [1.54, 1.807) is 0 Å². The molecule has 1 fully saturated rings. The topological polar surface area (TPSA) is 9.23 Å². The second-order valence-electron chi connectivity index (χ2n) is 10.6. The summed E-state index contributed by atoms with van der Waals surface area (Å²) < 4.78 is 7.20. The molecule has 0 N–H and O–H groups in total. The van der Waals surface area contributed by atoms with Crippen LogP contribution in [0.3, 0.4) is 0 Å². The molecule has 2 aromatic rings. The third-order valence-corrected chi connectivity index (χ3v) is 12.5. The fraction of sp³-hybridized carbons (Fsp3) is 0.538. The summed E-state index contributed by atoms with van der Waals surface area (Å²) >= 11 is 0. The maximum Gasteiger partial charge on any atom is 0.261 e. The van der Waals surface area contributed by atoms with E-state index in [4.69, 9.17) is 4.43 Å². The summed E-state index contributed by atoms with van der Waals surface area (Å²) in [4.78, 5) is 0. The maximum atomic E-state index is 7.20. The van der Waals surface area contributed by atoms with Gasteiger partial charge >= 0.3 is 0 Å². The van der Waals surface area contributed by atoms with E-state index in [9.17, 15) is 0 Å². The zero-order chi connectivity index (χ0) is 20.6. The second-order valence-corrected chi connectivity index (χ2v) is 14.9. The lowest BCUT2D eigenvalue weighted by Crippen LogP contribution is -2.67. The van der Waals surface area contributed by atoms with Crippen LogP contribution in [0, 0.1) is 23.2 Å². The van der Waals surface area contributed by atoms with Crippen LogP contribution in [0.4, 0.5) is 0 Å². The van der Waals surface area contributed by atoms with Crippen LogP contribution in [0.1, 0.15) is 54.9 Å². The normalized spacial score (nSPS) is 25.0. The molecule has 0 spiro atoms. The van der Waals surface area contributed by atoms with Crippen molar-refractivity contribution in [2.45, 2.75) is 59.9 Å². The molecule has 0 amide bonds. The molecule has 1 aliphatic carbocycles. The summed E-state index contributed by atoms with van der Waals surface area (Å²) in [6, 6.07) is 22.0. The summed E-state index contributed by atoms with van der Waals surface area (Å²) in [5.74, 6) is 2.07. The van der Waals surface area contributed by atoms with Crippen molar-refractivity contribution in [1.29, 1.82) is 0 Å². The highest BCUT2D eigenvalue weighted by Gasteiger charge is 2.51. The van der Waals surface area contributed by atoms with Crippen molar-refractivity contribution in [2.24, 2.45) is 23.2 Å². The molecule has 0 saturated heterocycles. The van der Waals surface area contributed by atoms with E-state index in [2.05, 4.69) is 109 Å². The molecule has 152 valence electrons. The molecule has 0 unspecified atom stereocenters. The van der Waals surface area contributed by atoms with Crippen molar-refractivity contribution in [3.63, 3.8) is 0 Å². The molecule has 1 nitrogen and oxygen atoms in total. The number of hydrogen-bond donors (Lipinski definition) is 0. The van der Waals surface area contributed by atoms with Gasteiger partial charge in [-0.1, -0.05) is 109 Å². The standard InChI is InChI=1S/C26H38OSi/c1-20-21(2)26(6,7)18-22(20)19-27-28(25(3,4)5,23-14-10-8-11-15-23)24-16-12-9-13-17-24/h8-17,20-22H,18-19H2,1-7H3/t20-,21+,22+/m1/s1. The SMILES string of the molecule is C[C@H]1[C@H](CO[Si](c2ccccc2)(c2ccccc2)C(C)(C)C)CC(C)(C)[C@H]1C. The van der Waals surface area contributed by atoms with E-state index in [1.165, 1.54) is 16.8 Å². The third kappa shape index (κ3) is 3.74. The van der Waals surface area contributed by atoms with Crippen LogP contribution < -0.4 is 10.4 Å². The molecule has 3 rings (SSSR count). The van der Waals surface area contributed by atoms with Crippen LogP contribution in [-0.2, 0) is 4.43 Å². The maximum absolute atomic E-state index is 7.20. The van der Waals surface area contributed by atoms with Crippen molar-refractivity contribution in [1.82, 2.24) is 0 Å². The van der Waals surface area contributed by atoms with E-state index < -0.39 is 8.32 Å². The van der Waals surface area contributed by atoms with Crippen LogP contribution in [0.2, 0.25) is 5.04 Å². The fourth-order valence-corrected chi connectivity index (χ4v) is 9.99. The molecular weight excluding hydrogens is 356 g/mol. The van der Waals surface area contributed by atoms with Crippen LogP contribution in [0.15, 0.2) is 60.7 Å². The minimum atomic E-state index is -2.41. The van der Waals surface area contributed by atoms with Crippen LogP contribution in [0.5, 0.6) is 0 Å². The Hall–Kier alpha value is -1.38. The Morgan fingerprint density at radius 1 is 0.893 bits per heavy atom. The van der Waals surface area contributed by atoms with Crippen molar-refractivity contribution >= 4 is 18.7 Å². The van der Waals surface area contributed by atoms with Crippen LogP contribution >= 0.6 is 0 Å². The minimum Gasteiger partial charge on any atom is -0.407 e. The van der Waals surface area contributed by atoms with Gasteiger partial charge in [0.1, 0.15) is 0 Å². The smallest absolute Gasteiger partial charge is 0.261 e. The molecule has 1 saturated carbocycles. The van der Waals surface area contributed by atoms with E-state index in [0.29, 0.717) is 17.3 Å². The fourth-order valence-electron chi connectivity index (χ4n) is 5.37. The molecule has 28 heavy (non-hydrogen) atoms. The first-order chi connectivity index (χ1) is 13.1. The first-order valence-corrected chi connectivity index (χ1v) is 12.8. The molecule has 1 aliphatic rings. The molecule has 0 aliphatic heterocycles. The molecule has 3 atom stereocenters. The first kappa shape index (κ1) is 21.3. The number of hydrogen-bond acceptors (Lipinski definition) is 1. The van der Waals surface area contributed by atoms with Crippen molar-refractivity contribution in [3.8, 4) is 0 Å². The van der Waals surface area contributed by atoms with Crippen molar-refractivity contribution < 1.29 is 4.43 Å². The van der Waals surface area contributed by atoms with Gasteiger partial charge in [-0.25, -0.2) is 0 Å². The Morgan fingerprint density at radius 2 is 1.36 bits per heavy atom. The first-order valence-electron chi connectivity index (χ1n) is 10.8. The predicted octanol–water partition coefficient (Wildman–Crippen LogP) is 5.88. The van der Waals surface area contributed by atoms with Gasteiger partial charge < -0.3 is 4.43 Å². The largest absolute Gasteiger partial charge is 0.407 e. The Kier molecular flexibility index (Phi) is 5.94. The predicted molar refractivity (Wildman–Crippen MR) is 124 cm³/mol.